The minimum Gasteiger partial charge on any atom is -0.444 e. The van der Waals surface area contributed by atoms with Crippen LogP contribution in [0.25, 0.3) is 0 Å². The van der Waals surface area contributed by atoms with Crippen LogP contribution in [-0.2, 0) is 4.74 Å². The Morgan fingerprint density at radius 1 is 1.29 bits per heavy atom. The zero-order valence-electron chi connectivity index (χ0n) is 10.1. The molecule has 1 aromatic rings. The van der Waals surface area contributed by atoms with E-state index in [1.165, 1.54) is 18.7 Å². The van der Waals surface area contributed by atoms with E-state index >= 15 is 0 Å². The van der Waals surface area contributed by atoms with E-state index in [9.17, 15) is 9.59 Å². The molecule has 17 heavy (non-hydrogen) atoms. The standard InChI is InChI=1S/C11H15N3O3/c1-11(2,3)17-10(16)14-6-9(15)8-4-12-7-13-5-8/h4-5,7H,6H2,1-3H3,(H,14,16). The van der Waals surface area contributed by atoms with Gasteiger partial charge in [-0.15, -0.1) is 0 Å². The summed E-state index contributed by atoms with van der Waals surface area (Å²) in [5.41, 5.74) is -0.230. The minimum absolute atomic E-state index is 0.137. The number of nitrogens with zero attached hydrogens (tertiary/aromatic N) is 2. The maximum Gasteiger partial charge on any atom is 0.408 e. The molecule has 0 fully saturated rings. The predicted octanol–water partition coefficient (Wildman–Crippen LogP) is 1.18. The summed E-state index contributed by atoms with van der Waals surface area (Å²) in [6, 6.07) is 0. The molecule has 0 saturated carbocycles. The molecule has 0 aliphatic heterocycles. The van der Waals surface area contributed by atoms with Crippen LogP contribution in [0.1, 0.15) is 31.1 Å². The van der Waals surface area contributed by atoms with Gasteiger partial charge in [0.25, 0.3) is 0 Å². The van der Waals surface area contributed by atoms with Gasteiger partial charge in [-0.05, 0) is 20.8 Å². The van der Waals surface area contributed by atoms with Crippen molar-refractivity contribution in [3.63, 3.8) is 0 Å². The molecule has 0 unspecified atom stereocenters. The van der Waals surface area contributed by atoms with Crippen LogP contribution in [0.4, 0.5) is 4.79 Å². The highest BCUT2D eigenvalue weighted by atomic mass is 16.6. The highest BCUT2D eigenvalue weighted by Crippen LogP contribution is 2.06. The topological polar surface area (TPSA) is 81.2 Å². The van der Waals surface area contributed by atoms with Crippen molar-refractivity contribution in [3.8, 4) is 0 Å². The van der Waals surface area contributed by atoms with Crippen molar-refractivity contribution < 1.29 is 14.3 Å². The van der Waals surface area contributed by atoms with Gasteiger partial charge in [-0.3, -0.25) is 4.79 Å². The van der Waals surface area contributed by atoms with Crippen LogP contribution in [0.5, 0.6) is 0 Å². The van der Waals surface area contributed by atoms with Crippen molar-refractivity contribution in [2.75, 3.05) is 6.54 Å². The van der Waals surface area contributed by atoms with Crippen molar-refractivity contribution in [2.24, 2.45) is 0 Å². The lowest BCUT2D eigenvalue weighted by atomic mass is 10.2. The second kappa shape index (κ2) is 5.38. The van der Waals surface area contributed by atoms with Gasteiger partial charge in [0.1, 0.15) is 11.9 Å². The van der Waals surface area contributed by atoms with Crippen LogP contribution in [0.2, 0.25) is 0 Å². The fourth-order valence-corrected chi connectivity index (χ4v) is 1.01. The van der Waals surface area contributed by atoms with E-state index in [-0.39, 0.29) is 12.3 Å². The van der Waals surface area contributed by atoms with Crippen LogP contribution in [0, 0.1) is 0 Å². The van der Waals surface area contributed by atoms with Crippen LogP contribution in [0.15, 0.2) is 18.7 Å². The number of ketones is 1. The molecule has 0 spiro atoms. The molecule has 0 radical (unpaired) electrons. The first-order chi connectivity index (χ1) is 7.88. The maximum atomic E-state index is 11.6. The van der Waals surface area contributed by atoms with E-state index in [2.05, 4.69) is 15.3 Å². The van der Waals surface area contributed by atoms with Gasteiger partial charge in [0.15, 0.2) is 5.78 Å². The molecule has 92 valence electrons. The van der Waals surface area contributed by atoms with Crippen LogP contribution >= 0.6 is 0 Å². The first-order valence-electron chi connectivity index (χ1n) is 5.13. The van der Waals surface area contributed by atoms with Gasteiger partial charge in [0.2, 0.25) is 0 Å². The zero-order chi connectivity index (χ0) is 12.9. The third kappa shape index (κ3) is 5.05. The van der Waals surface area contributed by atoms with Gasteiger partial charge >= 0.3 is 6.09 Å². The number of amides is 1. The fraction of sp³-hybridized carbons (Fsp3) is 0.455. The second-order valence-corrected chi connectivity index (χ2v) is 4.41. The van der Waals surface area contributed by atoms with Crippen molar-refractivity contribution in [2.45, 2.75) is 26.4 Å². The average Bonchev–Trinajstić information content (AvgIpc) is 2.25. The minimum atomic E-state index is -0.623. The molecule has 0 aliphatic rings. The highest BCUT2D eigenvalue weighted by Gasteiger charge is 2.16. The molecule has 1 amide bonds. The fourth-order valence-electron chi connectivity index (χ4n) is 1.01. The molecule has 1 N–H and O–H groups in total. The lowest BCUT2D eigenvalue weighted by Crippen LogP contribution is -2.35. The van der Waals surface area contributed by atoms with Gasteiger partial charge in [0, 0.05) is 12.4 Å². The number of aromatic nitrogens is 2. The molecule has 6 heteroatoms. The van der Waals surface area contributed by atoms with E-state index in [1.807, 2.05) is 0 Å². The number of carbonyl (C=O) groups is 2. The summed E-state index contributed by atoms with van der Waals surface area (Å²) in [6.45, 7) is 5.11. The quantitative estimate of drug-likeness (QED) is 0.798. The van der Waals surface area contributed by atoms with Gasteiger partial charge in [-0.25, -0.2) is 14.8 Å². The van der Waals surface area contributed by atoms with Crippen LogP contribution < -0.4 is 5.32 Å². The third-order valence-electron chi connectivity index (χ3n) is 1.67. The molecule has 1 rings (SSSR count). The summed E-state index contributed by atoms with van der Waals surface area (Å²) in [5, 5.41) is 2.37. The van der Waals surface area contributed by atoms with E-state index in [4.69, 9.17) is 4.74 Å². The monoisotopic (exact) mass is 237 g/mol. The van der Waals surface area contributed by atoms with Gasteiger partial charge in [-0.2, -0.15) is 0 Å². The van der Waals surface area contributed by atoms with Crippen molar-refractivity contribution >= 4 is 11.9 Å². The van der Waals surface area contributed by atoms with Crippen molar-refractivity contribution in [1.82, 2.24) is 15.3 Å². The summed E-state index contributed by atoms with van der Waals surface area (Å²) in [5.74, 6) is -0.267. The molecule has 0 saturated heterocycles. The first kappa shape index (κ1) is 13.1. The Kier molecular flexibility index (Phi) is 4.14. The lowest BCUT2D eigenvalue weighted by Gasteiger charge is -2.19. The maximum absolute atomic E-state index is 11.6. The van der Waals surface area contributed by atoms with E-state index in [1.54, 1.807) is 20.8 Å². The molecular weight excluding hydrogens is 222 g/mol. The van der Waals surface area contributed by atoms with Gasteiger partial charge in [-0.1, -0.05) is 0 Å². The Morgan fingerprint density at radius 3 is 2.41 bits per heavy atom. The normalized spacial score (nSPS) is 10.8. The Hall–Kier alpha value is -1.98. The SMILES string of the molecule is CC(C)(C)OC(=O)NCC(=O)c1cncnc1. The summed E-state index contributed by atoms with van der Waals surface area (Å²) >= 11 is 0. The van der Waals surface area contributed by atoms with Crippen LogP contribution in [0.3, 0.4) is 0 Å². The number of Topliss-reactive ketones (excluding diaryl/α,β-unsaturated/α-hetero) is 1. The molecule has 0 bridgehead atoms. The molecule has 0 aliphatic carbocycles. The zero-order valence-corrected chi connectivity index (χ0v) is 10.1. The summed E-state index contributed by atoms with van der Waals surface area (Å²) in [7, 11) is 0. The number of hydrogen-bond donors (Lipinski definition) is 1. The lowest BCUT2D eigenvalue weighted by molar-refractivity contribution is 0.0520. The molecule has 1 aromatic heterocycles. The smallest absolute Gasteiger partial charge is 0.408 e. The Bertz CT molecular complexity index is 398. The van der Waals surface area contributed by atoms with E-state index < -0.39 is 11.7 Å². The van der Waals surface area contributed by atoms with Gasteiger partial charge < -0.3 is 10.1 Å². The number of carbonyl (C=O) groups excluding carboxylic acids is 2. The summed E-state index contributed by atoms with van der Waals surface area (Å²) in [6.07, 6.45) is 3.50. The summed E-state index contributed by atoms with van der Waals surface area (Å²) < 4.78 is 4.99. The van der Waals surface area contributed by atoms with Gasteiger partial charge in [0.05, 0.1) is 12.1 Å². The van der Waals surface area contributed by atoms with Crippen LogP contribution in [-0.4, -0.2) is 34.0 Å². The molecule has 0 aromatic carbocycles. The second-order valence-electron chi connectivity index (χ2n) is 4.41. The highest BCUT2D eigenvalue weighted by molar-refractivity contribution is 5.98. The van der Waals surface area contributed by atoms with Crippen molar-refractivity contribution in [1.29, 1.82) is 0 Å². The predicted molar refractivity (Wildman–Crippen MR) is 60.6 cm³/mol. The Balaban J connectivity index is 2.42. The number of alkyl carbamates (subject to hydrolysis) is 1. The average molecular weight is 237 g/mol. The van der Waals surface area contributed by atoms with Crippen molar-refractivity contribution in [3.05, 3.63) is 24.3 Å². The Labute approximate surface area is 99.4 Å². The largest absolute Gasteiger partial charge is 0.444 e. The third-order valence-corrected chi connectivity index (χ3v) is 1.67. The van der Waals surface area contributed by atoms with E-state index in [0.717, 1.165) is 0 Å². The first-order valence-corrected chi connectivity index (χ1v) is 5.13. The molecule has 1 heterocycles. The summed E-state index contributed by atoms with van der Waals surface area (Å²) in [4.78, 5) is 30.3. The number of hydrogen-bond acceptors (Lipinski definition) is 5. The number of nitrogens with one attached hydrogen (secondary N) is 1. The number of rotatable bonds is 3. The number of ether oxygens (including phenoxy) is 1. The molecule has 0 atom stereocenters. The Morgan fingerprint density at radius 2 is 1.88 bits per heavy atom. The molecule has 6 nitrogen and oxygen atoms in total. The van der Waals surface area contributed by atoms with E-state index in [0.29, 0.717) is 5.56 Å². The molecular formula is C11H15N3O3.